The van der Waals surface area contributed by atoms with Crippen molar-refractivity contribution in [1.82, 2.24) is 10.0 Å². The second-order valence-electron chi connectivity index (χ2n) is 6.59. The van der Waals surface area contributed by atoms with Crippen LogP contribution in [0.15, 0.2) is 23.1 Å². The van der Waals surface area contributed by atoms with Crippen LogP contribution in [-0.2, 0) is 10.0 Å². The Kier molecular flexibility index (Phi) is 5.24. The molecule has 4 rings (SSSR count). The van der Waals surface area contributed by atoms with Gasteiger partial charge in [-0.25, -0.2) is 13.1 Å². The number of sulfonamides is 1. The fourth-order valence-corrected chi connectivity index (χ4v) is 5.03. The zero-order chi connectivity index (χ0) is 15.9. The predicted octanol–water partition coefficient (Wildman–Crippen LogP) is 1.83. The lowest BCUT2D eigenvalue weighted by Gasteiger charge is -2.29. The molecule has 2 bridgehead atoms. The number of halogens is 1. The summed E-state index contributed by atoms with van der Waals surface area (Å²) in [5.74, 6) is 1.12. The molecule has 134 valence electrons. The molecule has 0 amide bonds. The van der Waals surface area contributed by atoms with Gasteiger partial charge in [0, 0.05) is 30.6 Å². The molecule has 0 spiro atoms. The van der Waals surface area contributed by atoms with Crippen molar-refractivity contribution in [3.05, 3.63) is 18.2 Å². The fraction of sp³-hybridized carbons (Fsp3) is 0.625. The minimum Gasteiger partial charge on any atom is -0.490 e. The Morgan fingerprint density at radius 3 is 2.42 bits per heavy atom. The Morgan fingerprint density at radius 1 is 1.04 bits per heavy atom. The minimum absolute atomic E-state index is 0. The van der Waals surface area contributed by atoms with Crippen LogP contribution in [0.1, 0.15) is 32.1 Å². The number of ether oxygens (including phenoxy) is 2. The van der Waals surface area contributed by atoms with E-state index in [-0.39, 0.29) is 23.3 Å². The summed E-state index contributed by atoms with van der Waals surface area (Å²) in [6.45, 7) is 1.14. The average Bonchev–Trinajstić information content (AvgIpc) is 2.73. The van der Waals surface area contributed by atoms with E-state index in [0.717, 1.165) is 32.1 Å². The third kappa shape index (κ3) is 3.64. The van der Waals surface area contributed by atoms with Crippen LogP contribution in [-0.4, -0.2) is 39.8 Å². The van der Waals surface area contributed by atoms with Crippen LogP contribution in [0.4, 0.5) is 0 Å². The maximum atomic E-state index is 12.7. The summed E-state index contributed by atoms with van der Waals surface area (Å²) < 4.78 is 39.4. The first-order valence-electron chi connectivity index (χ1n) is 8.28. The van der Waals surface area contributed by atoms with E-state index in [1.165, 1.54) is 0 Å². The average molecular weight is 375 g/mol. The number of nitrogens with one attached hydrogen (secondary N) is 2. The van der Waals surface area contributed by atoms with E-state index in [4.69, 9.17) is 9.47 Å². The SMILES string of the molecule is Cl.O=S(=O)(NC1CC2CCC(C1)N2)c1ccc2c(c1)OCCCO2. The second kappa shape index (κ2) is 7.07. The van der Waals surface area contributed by atoms with E-state index in [1.807, 2.05) is 0 Å². The smallest absolute Gasteiger partial charge is 0.240 e. The molecule has 2 N–H and O–H groups in total. The van der Waals surface area contributed by atoms with Gasteiger partial charge in [0.25, 0.3) is 0 Å². The van der Waals surface area contributed by atoms with Gasteiger partial charge in [-0.2, -0.15) is 0 Å². The first-order chi connectivity index (χ1) is 11.1. The summed E-state index contributed by atoms with van der Waals surface area (Å²) in [6.07, 6.45) is 4.81. The summed E-state index contributed by atoms with van der Waals surface area (Å²) >= 11 is 0. The molecule has 0 aliphatic carbocycles. The Hall–Kier alpha value is -1.02. The molecule has 24 heavy (non-hydrogen) atoms. The molecule has 3 aliphatic heterocycles. The van der Waals surface area contributed by atoms with Gasteiger partial charge in [-0.1, -0.05) is 0 Å². The number of fused-ring (bicyclic) bond motifs is 3. The molecule has 2 saturated heterocycles. The molecule has 3 aliphatic rings. The highest BCUT2D eigenvalue weighted by Crippen LogP contribution is 2.33. The van der Waals surface area contributed by atoms with E-state index in [1.54, 1.807) is 18.2 Å². The van der Waals surface area contributed by atoms with Gasteiger partial charge in [0.05, 0.1) is 18.1 Å². The molecule has 2 fully saturated rings. The molecule has 8 heteroatoms. The van der Waals surface area contributed by atoms with Gasteiger partial charge >= 0.3 is 0 Å². The maximum Gasteiger partial charge on any atom is 0.240 e. The van der Waals surface area contributed by atoms with E-state index in [2.05, 4.69) is 10.0 Å². The number of benzene rings is 1. The van der Waals surface area contributed by atoms with Gasteiger partial charge in [0.2, 0.25) is 10.0 Å². The maximum absolute atomic E-state index is 12.7. The lowest BCUT2D eigenvalue weighted by Crippen LogP contribution is -2.47. The summed E-state index contributed by atoms with van der Waals surface area (Å²) in [5, 5.41) is 3.52. The number of hydrogen-bond donors (Lipinski definition) is 2. The van der Waals surface area contributed by atoms with E-state index in [9.17, 15) is 8.42 Å². The number of hydrogen-bond acceptors (Lipinski definition) is 5. The molecular weight excluding hydrogens is 352 g/mol. The van der Waals surface area contributed by atoms with Crippen LogP contribution < -0.4 is 19.5 Å². The molecule has 0 aromatic heterocycles. The van der Waals surface area contributed by atoms with Crippen molar-refractivity contribution in [3.63, 3.8) is 0 Å². The Balaban J connectivity index is 0.00000169. The standard InChI is InChI=1S/C16H22N2O4S.ClH/c19-23(20,18-13-8-11-2-3-12(9-13)17-11)14-4-5-15-16(10-14)22-7-1-6-21-15;/h4-5,10-13,17-18H,1-3,6-9H2;1H. The van der Waals surface area contributed by atoms with Gasteiger partial charge in [-0.3, -0.25) is 0 Å². The molecule has 1 aromatic rings. The first kappa shape index (κ1) is 17.8. The highest BCUT2D eigenvalue weighted by molar-refractivity contribution is 7.89. The van der Waals surface area contributed by atoms with Crippen LogP contribution in [0.25, 0.3) is 0 Å². The lowest BCUT2D eigenvalue weighted by atomic mass is 10.0. The molecule has 2 unspecified atom stereocenters. The largest absolute Gasteiger partial charge is 0.490 e. The van der Waals surface area contributed by atoms with Crippen molar-refractivity contribution in [2.75, 3.05) is 13.2 Å². The number of rotatable bonds is 3. The van der Waals surface area contributed by atoms with Crippen molar-refractivity contribution in [1.29, 1.82) is 0 Å². The Morgan fingerprint density at radius 2 is 1.71 bits per heavy atom. The topological polar surface area (TPSA) is 76.7 Å². The summed E-state index contributed by atoms with van der Waals surface area (Å²) in [5.41, 5.74) is 0. The van der Waals surface area contributed by atoms with Crippen LogP contribution in [0.5, 0.6) is 11.5 Å². The van der Waals surface area contributed by atoms with Crippen molar-refractivity contribution in [2.45, 2.75) is 55.1 Å². The van der Waals surface area contributed by atoms with Crippen molar-refractivity contribution >= 4 is 22.4 Å². The Labute approximate surface area is 148 Å². The zero-order valence-corrected chi connectivity index (χ0v) is 15.0. The molecule has 3 heterocycles. The first-order valence-corrected chi connectivity index (χ1v) is 9.76. The number of piperidine rings is 1. The fourth-order valence-electron chi connectivity index (χ4n) is 3.75. The van der Waals surface area contributed by atoms with Crippen LogP contribution in [0.2, 0.25) is 0 Å². The van der Waals surface area contributed by atoms with Gasteiger partial charge in [0.15, 0.2) is 11.5 Å². The van der Waals surface area contributed by atoms with Gasteiger partial charge in [-0.05, 0) is 37.8 Å². The normalized spacial score (nSPS) is 28.8. The molecule has 0 saturated carbocycles. The van der Waals surface area contributed by atoms with E-state index < -0.39 is 10.0 Å². The minimum atomic E-state index is -3.54. The predicted molar refractivity (Wildman–Crippen MR) is 92.6 cm³/mol. The molecule has 0 radical (unpaired) electrons. The van der Waals surface area contributed by atoms with Crippen LogP contribution in [0, 0.1) is 0 Å². The molecular formula is C16H23ClN2O4S. The van der Waals surface area contributed by atoms with E-state index in [0.29, 0.717) is 36.8 Å². The highest BCUT2D eigenvalue weighted by atomic mass is 35.5. The van der Waals surface area contributed by atoms with Crippen molar-refractivity contribution in [3.8, 4) is 11.5 Å². The van der Waals surface area contributed by atoms with Crippen LogP contribution >= 0.6 is 12.4 Å². The third-order valence-corrected chi connectivity index (χ3v) is 6.34. The Bertz CT molecular complexity index is 685. The third-order valence-electron chi connectivity index (χ3n) is 4.82. The molecule has 2 atom stereocenters. The summed E-state index contributed by atoms with van der Waals surface area (Å²) in [7, 11) is -3.54. The second-order valence-corrected chi connectivity index (χ2v) is 8.30. The van der Waals surface area contributed by atoms with Gasteiger partial charge < -0.3 is 14.8 Å². The van der Waals surface area contributed by atoms with Gasteiger partial charge in [0.1, 0.15) is 0 Å². The summed E-state index contributed by atoms with van der Waals surface area (Å²) in [6, 6.07) is 5.75. The molecule has 6 nitrogen and oxygen atoms in total. The molecule has 1 aromatic carbocycles. The monoisotopic (exact) mass is 374 g/mol. The quantitative estimate of drug-likeness (QED) is 0.844. The van der Waals surface area contributed by atoms with Crippen molar-refractivity contribution < 1.29 is 17.9 Å². The lowest BCUT2D eigenvalue weighted by molar-refractivity contribution is 0.297. The van der Waals surface area contributed by atoms with Gasteiger partial charge in [-0.15, -0.1) is 12.4 Å². The highest BCUT2D eigenvalue weighted by Gasteiger charge is 2.35. The van der Waals surface area contributed by atoms with E-state index >= 15 is 0 Å². The zero-order valence-electron chi connectivity index (χ0n) is 13.4. The summed E-state index contributed by atoms with van der Waals surface area (Å²) in [4.78, 5) is 0.243. The van der Waals surface area contributed by atoms with Crippen molar-refractivity contribution in [2.24, 2.45) is 0 Å². The van der Waals surface area contributed by atoms with Crippen LogP contribution in [0.3, 0.4) is 0 Å².